The highest BCUT2D eigenvalue weighted by Gasteiger charge is 2.13. The van der Waals surface area contributed by atoms with Gasteiger partial charge in [-0.3, -0.25) is 4.79 Å². The van der Waals surface area contributed by atoms with Gasteiger partial charge in [0, 0.05) is 30.7 Å². The van der Waals surface area contributed by atoms with Crippen molar-refractivity contribution in [2.45, 2.75) is 6.10 Å². The number of halogens is 4. The highest BCUT2D eigenvalue weighted by atomic mass is 79.9. The molecule has 0 aliphatic heterocycles. The smallest absolute Gasteiger partial charge is 0.194 e. The van der Waals surface area contributed by atoms with E-state index in [0.29, 0.717) is 21.2 Å². The Kier molecular flexibility index (Phi) is 9.09. The van der Waals surface area contributed by atoms with Crippen molar-refractivity contribution in [1.82, 2.24) is 0 Å². The molecule has 32 heavy (non-hydrogen) atoms. The van der Waals surface area contributed by atoms with Crippen molar-refractivity contribution in [2.75, 3.05) is 0 Å². The zero-order valence-electron chi connectivity index (χ0n) is 16.7. The lowest BCUT2D eigenvalue weighted by atomic mass is 10.0. The van der Waals surface area contributed by atoms with Crippen molar-refractivity contribution in [1.29, 1.82) is 0 Å². The highest BCUT2D eigenvalue weighted by Crippen LogP contribution is 2.28. The number of benzene rings is 4. The molecule has 0 radical (unpaired) electrons. The summed E-state index contributed by atoms with van der Waals surface area (Å²) in [5.41, 5.74) is 2.73. The molecule has 4 aromatic rings. The van der Waals surface area contributed by atoms with Gasteiger partial charge in [-0.2, -0.15) is 0 Å². The molecule has 0 saturated heterocycles. The highest BCUT2D eigenvalue weighted by molar-refractivity contribution is 9.10. The summed E-state index contributed by atoms with van der Waals surface area (Å²) in [6.45, 7) is 0. The van der Waals surface area contributed by atoms with Crippen LogP contribution in [0.1, 0.15) is 33.2 Å². The van der Waals surface area contributed by atoms with Crippen molar-refractivity contribution in [3.05, 3.63) is 138 Å². The van der Waals surface area contributed by atoms with Crippen molar-refractivity contribution in [2.24, 2.45) is 0 Å². The molecular weight excluding hydrogens is 575 g/mol. The number of aliphatic hydroxyl groups excluding tert-OH is 1. The van der Waals surface area contributed by atoms with E-state index < -0.39 is 6.10 Å². The molecule has 4 aromatic carbocycles. The average molecular weight is 593 g/mol. The number of ketones is 1. The lowest BCUT2D eigenvalue weighted by molar-refractivity contribution is 0.103. The molecule has 0 amide bonds. The van der Waals surface area contributed by atoms with E-state index >= 15 is 0 Å². The third-order valence-electron chi connectivity index (χ3n) is 4.61. The fourth-order valence-corrected chi connectivity index (χ4v) is 3.91. The third-order valence-corrected chi connectivity index (χ3v) is 6.34. The van der Waals surface area contributed by atoms with Gasteiger partial charge in [-0.15, -0.1) is 0 Å². The minimum absolute atomic E-state index is 0.0573. The van der Waals surface area contributed by atoms with E-state index in [4.69, 9.17) is 23.2 Å². The Hall–Kier alpha value is -1.95. The molecule has 0 fully saturated rings. The second kappa shape index (κ2) is 11.8. The second-order valence-electron chi connectivity index (χ2n) is 6.79. The molecule has 1 N–H and O–H groups in total. The van der Waals surface area contributed by atoms with Gasteiger partial charge >= 0.3 is 0 Å². The number of carbonyl (C=O) groups excluding carboxylic acids is 1. The van der Waals surface area contributed by atoms with Gasteiger partial charge in [0.15, 0.2) is 5.78 Å². The first-order valence-corrected chi connectivity index (χ1v) is 11.9. The molecule has 0 bridgehead atoms. The predicted molar refractivity (Wildman–Crippen MR) is 139 cm³/mol. The van der Waals surface area contributed by atoms with E-state index in [2.05, 4.69) is 31.9 Å². The molecular formula is C26H18Br2Cl2O2. The maximum Gasteiger partial charge on any atom is 0.194 e. The zero-order valence-corrected chi connectivity index (χ0v) is 21.4. The maximum absolute atomic E-state index is 12.1. The van der Waals surface area contributed by atoms with Gasteiger partial charge < -0.3 is 5.11 Å². The van der Waals surface area contributed by atoms with E-state index in [9.17, 15) is 9.90 Å². The number of aliphatic hydroxyl groups is 1. The van der Waals surface area contributed by atoms with Gasteiger partial charge in [-0.1, -0.05) is 97.5 Å². The van der Waals surface area contributed by atoms with Gasteiger partial charge in [0.1, 0.15) is 6.10 Å². The second-order valence-corrected chi connectivity index (χ2v) is 9.44. The Morgan fingerprint density at radius 1 is 0.688 bits per heavy atom. The lowest BCUT2D eigenvalue weighted by Gasteiger charge is -2.12. The monoisotopic (exact) mass is 590 g/mol. The molecule has 162 valence electrons. The van der Waals surface area contributed by atoms with Crippen LogP contribution >= 0.6 is 55.1 Å². The Morgan fingerprint density at radius 3 is 1.75 bits per heavy atom. The summed E-state index contributed by atoms with van der Waals surface area (Å²) in [7, 11) is 0. The Bertz CT molecular complexity index is 1190. The molecule has 0 spiro atoms. The molecule has 1 atom stereocenters. The Balaban J connectivity index is 0.000000181. The predicted octanol–water partition coefficient (Wildman–Crippen LogP) is 8.52. The van der Waals surface area contributed by atoms with Crippen molar-refractivity contribution in [3.63, 3.8) is 0 Å². The fraction of sp³-hybridized carbons (Fsp3) is 0.0385. The molecule has 0 aliphatic carbocycles. The summed E-state index contributed by atoms with van der Waals surface area (Å²) >= 11 is 18.7. The standard InChI is InChI=1S/C13H10BrClO.C13H8BrClO/c2*14-10-7-5-9(6-8-10)13(16)11-3-1-2-4-12(11)15/h1-8,13,16H;1-8H. The van der Waals surface area contributed by atoms with Crippen LogP contribution in [0.4, 0.5) is 0 Å². The van der Waals surface area contributed by atoms with Crippen LogP contribution in [0.2, 0.25) is 10.0 Å². The minimum Gasteiger partial charge on any atom is -0.384 e. The zero-order chi connectivity index (χ0) is 23.1. The van der Waals surface area contributed by atoms with Gasteiger partial charge in [0.05, 0.1) is 5.02 Å². The summed E-state index contributed by atoms with van der Waals surface area (Å²) in [4.78, 5) is 12.1. The first-order chi connectivity index (χ1) is 15.4. The van der Waals surface area contributed by atoms with E-state index in [0.717, 1.165) is 20.1 Å². The lowest BCUT2D eigenvalue weighted by Crippen LogP contribution is -2.01. The topological polar surface area (TPSA) is 37.3 Å². The summed E-state index contributed by atoms with van der Waals surface area (Å²) in [6, 6.07) is 29.1. The minimum atomic E-state index is -0.679. The summed E-state index contributed by atoms with van der Waals surface area (Å²) in [6.07, 6.45) is -0.679. The van der Waals surface area contributed by atoms with Crippen LogP contribution < -0.4 is 0 Å². The quantitative estimate of drug-likeness (QED) is 0.241. The summed E-state index contributed by atoms with van der Waals surface area (Å²) in [5.74, 6) is -0.0573. The third kappa shape index (κ3) is 6.53. The SMILES string of the molecule is O=C(c1ccc(Br)cc1)c1ccccc1Cl.OC(c1ccc(Br)cc1)c1ccccc1Cl. The number of hydrogen-bond acceptors (Lipinski definition) is 2. The molecule has 0 aliphatic rings. The average Bonchev–Trinajstić information content (AvgIpc) is 2.80. The molecule has 0 aromatic heterocycles. The summed E-state index contributed by atoms with van der Waals surface area (Å²) in [5, 5.41) is 11.2. The molecule has 2 nitrogen and oxygen atoms in total. The first kappa shape index (κ1) is 24.7. The molecule has 1 unspecified atom stereocenters. The van der Waals surface area contributed by atoms with Crippen LogP contribution in [0.15, 0.2) is 106 Å². The fourth-order valence-electron chi connectivity index (χ4n) is 2.92. The number of hydrogen-bond donors (Lipinski definition) is 1. The Labute approximate surface area is 214 Å². The largest absolute Gasteiger partial charge is 0.384 e. The van der Waals surface area contributed by atoms with Crippen LogP contribution in [0.25, 0.3) is 0 Å². The van der Waals surface area contributed by atoms with Gasteiger partial charge in [-0.25, -0.2) is 0 Å². The van der Waals surface area contributed by atoms with Crippen molar-refractivity contribution in [3.8, 4) is 0 Å². The maximum atomic E-state index is 12.1. The van der Waals surface area contributed by atoms with Gasteiger partial charge in [0.25, 0.3) is 0 Å². The summed E-state index contributed by atoms with van der Waals surface area (Å²) < 4.78 is 1.94. The van der Waals surface area contributed by atoms with Crippen molar-refractivity contribution < 1.29 is 9.90 Å². The normalized spacial score (nSPS) is 11.3. The van der Waals surface area contributed by atoms with E-state index in [1.165, 1.54) is 0 Å². The molecule has 4 rings (SSSR count). The molecule has 6 heteroatoms. The van der Waals surface area contributed by atoms with Crippen LogP contribution in [0.5, 0.6) is 0 Å². The number of rotatable bonds is 4. The first-order valence-electron chi connectivity index (χ1n) is 9.59. The van der Waals surface area contributed by atoms with Crippen LogP contribution in [-0.2, 0) is 0 Å². The van der Waals surface area contributed by atoms with Crippen molar-refractivity contribution >= 4 is 60.8 Å². The van der Waals surface area contributed by atoms with Crippen LogP contribution in [0, 0.1) is 0 Å². The number of carbonyl (C=O) groups is 1. The van der Waals surface area contributed by atoms with Crippen LogP contribution in [-0.4, -0.2) is 10.9 Å². The van der Waals surface area contributed by atoms with Gasteiger partial charge in [-0.05, 0) is 60.2 Å². The van der Waals surface area contributed by atoms with E-state index in [-0.39, 0.29) is 5.78 Å². The van der Waals surface area contributed by atoms with E-state index in [1.54, 1.807) is 42.5 Å². The molecule has 0 heterocycles. The molecule has 0 saturated carbocycles. The Morgan fingerprint density at radius 2 is 1.19 bits per heavy atom. The van der Waals surface area contributed by atoms with Gasteiger partial charge in [0.2, 0.25) is 0 Å². The van der Waals surface area contributed by atoms with Crippen LogP contribution in [0.3, 0.4) is 0 Å². The van der Waals surface area contributed by atoms with E-state index in [1.807, 2.05) is 54.6 Å².